The zero-order valence-electron chi connectivity index (χ0n) is 12.3. The predicted octanol–water partition coefficient (Wildman–Crippen LogP) is 3.92. The molecule has 0 heterocycles. The number of nitrogens with two attached hydrogens (primary N) is 1. The molecule has 1 aromatic rings. The van der Waals surface area contributed by atoms with Gasteiger partial charge in [-0.2, -0.15) is 0 Å². The lowest BCUT2D eigenvalue weighted by Crippen LogP contribution is -2.26. The largest absolute Gasteiger partial charge is 0.493 e. The molecular formula is C16H26FNO. The summed E-state index contributed by atoms with van der Waals surface area (Å²) >= 11 is 0. The van der Waals surface area contributed by atoms with Crippen LogP contribution in [0.4, 0.5) is 4.39 Å². The van der Waals surface area contributed by atoms with Crippen molar-refractivity contribution in [2.75, 3.05) is 6.61 Å². The molecule has 1 unspecified atom stereocenters. The van der Waals surface area contributed by atoms with Crippen molar-refractivity contribution in [2.24, 2.45) is 11.7 Å². The Morgan fingerprint density at radius 2 is 2.05 bits per heavy atom. The molecule has 0 aliphatic carbocycles. The molecule has 2 N–H and O–H groups in total. The van der Waals surface area contributed by atoms with Crippen LogP contribution in [-0.2, 0) is 6.42 Å². The molecule has 108 valence electrons. The van der Waals surface area contributed by atoms with E-state index in [9.17, 15) is 4.39 Å². The van der Waals surface area contributed by atoms with Gasteiger partial charge < -0.3 is 10.5 Å². The van der Waals surface area contributed by atoms with Crippen molar-refractivity contribution in [3.63, 3.8) is 0 Å². The second-order valence-electron chi connectivity index (χ2n) is 5.40. The lowest BCUT2D eigenvalue weighted by Gasteiger charge is -2.16. The van der Waals surface area contributed by atoms with Crippen LogP contribution in [0.25, 0.3) is 0 Å². The molecule has 0 saturated heterocycles. The van der Waals surface area contributed by atoms with Crippen molar-refractivity contribution in [3.05, 3.63) is 29.6 Å². The van der Waals surface area contributed by atoms with Crippen LogP contribution in [0.2, 0.25) is 0 Å². The molecule has 19 heavy (non-hydrogen) atoms. The van der Waals surface area contributed by atoms with Gasteiger partial charge in [-0.1, -0.05) is 20.8 Å². The van der Waals surface area contributed by atoms with E-state index in [0.717, 1.165) is 37.0 Å². The van der Waals surface area contributed by atoms with Crippen LogP contribution in [-0.4, -0.2) is 12.6 Å². The summed E-state index contributed by atoms with van der Waals surface area (Å²) in [7, 11) is 0. The average molecular weight is 267 g/mol. The molecule has 2 nitrogen and oxygen atoms in total. The van der Waals surface area contributed by atoms with Gasteiger partial charge in [-0.15, -0.1) is 0 Å². The number of benzene rings is 1. The predicted molar refractivity (Wildman–Crippen MR) is 77.9 cm³/mol. The number of aryl methyl sites for hydroxylation is 1. The minimum absolute atomic E-state index is 0.202. The van der Waals surface area contributed by atoms with Gasteiger partial charge >= 0.3 is 0 Å². The molecular weight excluding hydrogens is 241 g/mol. The zero-order chi connectivity index (χ0) is 14.3. The Hall–Kier alpha value is -1.09. The molecule has 0 amide bonds. The maximum absolute atomic E-state index is 13.3. The third-order valence-corrected chi connectivity index (χ3v) is 3.32. The highest BCUT2D eigenvalue weighted by atomic mass is 19.1. The molecule has 0 aliphatic rings. The van der Waals surface area contributed by atoms with Crippen molar-refractivity contribution in [1.29, 1.82) is 0 Å². The fraction of sp³-hybridized carbons (Fsp3) is 0.625. The molecule has 1 rings (SSSR count). The van der Waals surface area contributed by atoms with Crippen LogP contribution in [0.1, 0.15) is 45.6 Å². The highest BCUT2D eigenvalue weighted by molar-refractivity contribution is 5.34. The van der Waals surface area contributed by atoms with Crippen molar-refractivity contribution >= 4 is 0 Å². The standard InChI is InChI=1S/C16H26FNO/c1-4-10-19-16-9-8-14(17)11-13(16)6-5-7-15(18)12(2)3/h8-9,11-12,15H,4-7,10,18H2,1-3H3. The number of rotatable bonds is 8. The Labute approximate surface area is 116 Å². The van der Waals surface area contributed by atoms with E-state index in [1.807, 2.05) is 0 Å². The second-order valence-corrected chi connectivity index (χ2v) is 5.40. The van der Waals surface area contributed by atoms with Crippen molar-refractivity contribution in [1.82, 2.24) is 0 Å². The third kappa shape index (κ3) is 5.60. The molecule has 3 heteroatoms. The number of halogens is 1. The molecule has 0 fully saturated rings. The SMILES string of the molecule is CCCOc1ccc(F)cc1CCCC(N)C(C)C. The summed E-state index contributed by atoms with van der Waals surface area (Å²) in [5, 5.41) is 0. The van der Waals surface area contributed by atoms with Crippen LogP contribution in [0, 0.1) is 11.7 Å². The number of hydrogen-bond acceptors (Lipinski definition) is 2. The van der Waals surface area contributed by atoms with Gasteiger partial charge in [-0.3, -0.25) is 0 Å². The molecule has 1 atom stereocenters. The Bertz CT molecular complexity index is 379. The van der Waals surface area contributed by atoms with E-state index in [1.54, 1.807) is 12.1 Å². The minimum Gasteiger partial charge on any atom is -0.493 e. The van der Waals surface area contributed by atoms with Crippen LogP contribution in [0.15, 0.2) is 18.2 Å². The fourth-order valence-corrected chi connectivity index (χ4v) is 1.96. The lowest BCUT2D eigenvalue weighted by atomic mass is 9.97. The molecule has 0 saturated carbocycles. The summed E-state index contributed by atoms with van der Waals surface area (Å²) in [6.07, 6.45) is 3.69. The molecule has 0 aliphatic heterocycles. The van der Waals surface area contributed by atoms with E-state index in [1.165, 1.54) is 6.07 Å². The Balaban J connectivity index is 2.57. The summed E-state index contributed by atoms with van der Waals surface area (Å²) in [5.41, 5.74) is 6.97. The van der Waals surface area contributed by atoms with E-state index in [4.69, 9.17) is 10.5 Å². The topological polar surface area (TPSA) is 35.2 Å². The molecule has 0 radical (unpaired) electrons. The summed E-state index contributed by atoms with van der Waals surface area (Å²) in [6.45, 7) is 6.99. The van der Waals surface area contributed by atoms with Gasteiger partial charge in [0.15, 0.2) is 0 Å². The molecule has 0 spiro atoms. The van der Waals surface area contributed by atoms with Crippen LogP contribution in [0.5, 0.6) is 5.75 Å². The van der Waals surface area contributed by atoms with E-state index < -0.39 is 0 Å². The number of ether oxygens (including phenoxy) is 1. The molecule has 0 aromatic heterocycles. The highest BCUT2D eigenvalue weighted by Gasteiger charge is 2.09. The van der Waals surface area contributed by atoms with Crippen LogP contribution < -0.4 is 10.5 Å². The monoisotopic (exact) mass is 267 g/mol. The van der Waals surface area contributed by atoms with Crippen LogP contribution >= 0.6 is 0 Å². The first kappa shape index (κ1) is 16.0. The smallest absolute Gasteiger partial charge is 0.123 e. The van der Waals surface area contributed by atoms with E-state index >= 15 is 0 Å². The second kappa shape index (κ2) is 8.16. The quantitative estimate of drug-likeness (QED) is 0.774. The maximum Gasteiger partial charge on any atom is 0.123 e. The van der Waals surface area contributed by atoms with Gasteiger partial charge in [0, 0.05) is 6.04 Å². The summed E-state index contributed by atoms with van der Waals surface area (Å²) in [5.74, 6) is 1.09. The summed E-state index contributed by atoms with van der Waals surface area (Å²) in [6, 6.07) is 4.97. The van der Waals surface area contributed by atoms with E-state index in [-0.39, 0.29) is 11.9 Å². The Morgan fingerprint density at radius 3 is 2.68 bits per heavy atom. The van der Waals surface area contributed by atoms with Gasteiger partial charge in [0.05, 0.1) is 6.61 Å². The molecule has 1 aromatic carbocycles. The van der Waals surface area contributed by atoms with E-state index in [0.29, 0.717) is 12.5 Å². The Kier molecular flexibility index (Phi) is 6.85. The first-order chi connectivity index (χ1) is 9.04. The van der Waals surface area contributed by atoms with Crippen molar-refractivity contribution in [3.8, 4) is 5.75 Å². The lowest BCUT2D eigenvalue weighted by molar-refractivity contribution is 0.313. The van der Waals surface area contributed by atoms with Gasteiger partial charge in [0.1, 0.15) is 11.6 Å². The molecule has 0 bridgehead atoms. The fourth-order valence-electron chi connectivity index (χ4n) is 1.96. The first-order valence-corrected chi connectivity index (χ1v) is 7.21. The average Bonchev–Trinajstić information content (AvgIpc) is 2.37. The van der Waals surface area contributed by atoms with E-state index in [2.05, 4.69) is 20.8 Å². The van der Waals surface area contributed by atoms with Gasteiger partial charge in [0.25, 0.3) is 0 Å². The van der Waals surface area contributed by atoms with Crippen molar-refractivity contribution < 1.29 is 9.13 Å². The van der Waals surface area contributed by atoms with Crippen molar-refractivity contribution in [2.45, 2.75) is 52.5 Å². The van der Waals surface area contributed by atoms with Gasteiger partial charge in [-0.25, -0.2) is 4.39 Å². The van der Waals surface area contributed by atoms with Gasteiger partial charge in [0.2, 0.25) is 0 Å². The Morgan fingerprint density at radius 1 is 1.32 bits per heavy atom. The normalized spacial score (nSPS) is 12.7. The maximum atomic E-state index is 13.3. The zero-order valence-corrected chi connectivity index (χ0v) is 12.3. The summed E-state index contributed by atoms with van der Waals surface area (Å²) in [4.78, 5) is 0. The number of hydrogen-bond donors (Lipinski definition) is 1. The third-order valence-electron chi connectivity index (χ3n) is 3.32. The van der Waals surface area contributed by atoms with Crippen LogP contribution in [0.3, 0.4) is 0 Å². The summed E-state index contributed by atoms with van der Waals surface area (Å²) < 4.78 is 19.0. The van der Waals surface area contributed by atoms with Gasteiger partial charge in [-0.05, 0) is 55.4 Å². The minimum atomic E-state index is -0.202. The first-order valence-electron chi connectivity index (χ1n) is 7.21. The highest BCUT2D eigenvalue weighted by Crippen LogP contribution is 2.22.